The van der Waals surface area contributed by atoms with E-state index < -0.39 is 0 Å². The molecule has 0 heterocycles. The molecule has 0 aromatic heterocycles. The number of hydrogen-bond acceptors (Lipinski definition) is 3. The number of halogens is 2. The SMILES string of the molecule is Cc1ccc(COc2c(Cl)cc(C=C3C(=O)c4ccccc4C3=O)cc2Br)cc1. The molecule has 3 aromatic rings. The second kappa shape index (κ2) is 7.97. The Morgan fingerprint density at radius 3 is 2.17 bits per heavy atom. The van der Waals surface area contributed by atoms with Gasteiger partial charge in [0.05, 0.1) is 15.1 Å². The average Bonchev–Trinajstić information content (AvgIpc) is 2.94. The number of carbonyl (C=O) groups is 2. The fourth-order valence-electron chi connectivity index (χ4n) is 3.21. The molecule has 0 amide bonds. The summed E-state index contributed by atoms with van der Waals surface area (Å²) >= 11 is 9.90. The zero-order valence-electron chi connectivity index (χ0n) is 15.5. The van der Waals surface area contributed by atoms with E-state index in [9.17, 15) is 9.59 Å². The number of aryl methyl sites for hydroxylation is 1. The van der Waals surface area contributed by atoms with Crippen molar-refractivity contribution in [1.82, 2.24) is 0 Å². The third kappa shape index (κ3) is 3.91. The Kier molecular flexibility index (Phi) is 5.39. The Morgan fingerprint density at radius 2 is 1.59 bits per heavy atom. The highest BCUT2D eigenvalue weighted by atomic mass is 79.9. The van der Waals surface area contributed by atoms with Crippen LogP contribution in [0.1, 0.15) is 37.4 Å². The van der Waals surface area contributed by atoms with E-state index in [4.69, 9.17) is 16.3 Å². The Bertz CT molecular complexity index is 1100. The van der Waals surface area contributed by atoms with Crippen LogP contribution in [-0.4, -0.2) is 11.6 Å². The summed E-state index contributed by atoms with van der Waals surface area (Å²) in [6, 6.07) is 18.4. The van der Waals surface area contributed by atoms with Gasteiger partial charge in [0, 0.05) is 11.1 Å². The summed E-state index contributed by atoms with van der Waals surface area (Å²) in [5.74, 6) is -0.0168. The fraction of sp³-hybridized carbons (Fsp3) is 0.0833. The maximum Gasteiger partial charge on any atom is 0.197 e. The number of hydrogen-bond donors (Lipinski definition) is 0. The standard InChI is InChI=1S/C24H16BrClO3/c1-14-6-8-15(9-7-14)13-29-24-20(25)11-16(12-21(24)26)10-19-22(27)17-4-2-3-5-18(17)23(19)28/h2-12H,13H2,1H3. The molecule has 29 heavy (non-hydrogen) atoms. The minimum atomic E-state index is -0.266. The van der Waals surface area contributed by atoms with Gasteiger partial charge in [0.1, 0.15) is 6.61 Å². The first-order valence-electron chi connectivity index (χ1n) is 9.01. The Morgan fingerprint density at radius 1 is 0.966 bits per heavy atom. The highest BCUT2D eigenvalue weighted by Gasteiger charge is 2.32. The molecule has 1 aliphatic carbocycles. The first-order chi connectivity index (χ1) is 13.9. The minimum Gasteiger partial charge on any atom is -0.486 e. The van der Waals surface area contributed by atoms with Crippen molar-refractivity contribution < 1.29 is 14.3 Å². The molecule has 0 unspecified atom stereocenters. The number of benzene rings is 3. The zero-order valence-corrected chi connectivity index (χ0v) is 17.9. The molecule has 0 saturated carbocycles. The van der Waals surface area contributed by atoms with Gasteiger partial charge in [0.15, 0.2) is 17.3 Å². The molecule has 0 bridgehead atoms. The number of allylic oxidation sites excluding steroid dienone is 1. The summed E-state index contributed by atoms with van der Waals surface area (Å²) in [4.78, 5) is 25.1. The first kappa shape index (κ1) is 19.6. The molecule has 0 spiro atoms. The van der Waals surface area contributed by atoms with Crippen LogP contribution in [0.5, 0.6) is 5.75 Å². The average molecular weight is 468 g/mol. The van der Waals surface area contributed by atoms with Crippen LogP contribution in [0.3, 0.4) is 0 Å². The van der Waals surface area contributed by atoms with Gasteiger partial charge < -0.3 is 4.74 Å². The second-order valence-corrected chi connectivity index (χ2v) is 8.11. The summed E-state index contributed by atoms with van der Waals surface area (Å²) in [6.45, 7) is 2.41. The lowest BCUT2D eigenvalue weighted by atomic mass is 10.1. The van der Waals surface area contributed by atoms with Crippen molar-refractivity contribution in [3.05, 3.63) is 104 Å². The van der Waals surface area contributed by atoms with Gasteiger partial charge in [-0.3, -0.25) is 9.59 Å². The molecular weight excluding hydrogens is 452 g/mol. The van der Waals surface area contributed by atoms with E-state index in [1.165, 1.54) is 5.56 Å². The van der Waals surface area contributed by atoms with Crippen molar-refractivity contribution in [3.8, 4) is 5.75 Å². The third-order valence-corrected chi connectivity index (χ3v) is 5.61. The quantitative estimate of drug-likeness (QED) is 0.327. The smallest absolute Gasteiger partial charge is 0.197 e. The van der Waals surface area contributed by atoms with E-state index in [-0.39, 0.29) is 17.1 Å². The molecule has 1 aliphatic rings. The van der Waals surface area contributed by atoms with Gasteiger partial charge in [-0.15, -0.1) is 0 Å². The monoisotopic (exact) mass is 466 g/mol. The molecule has 5 heteroatoms. The maximum atomic E-state index is 12.6. The molecule has 0 fully saturated rings. The van der Waals surface area contributed by atoms with Gasteiger partial charge in [0.25, 0.3) is 0 Å². The number of fused-ring (bicyclic) bond motifs is 1. The summed E-state index contributed by atoms with van der Waals surface area (Å²) < 4.78 is 6.53. The highest BCUT2D eigenvalue weighted by molar-refractivity contribution is 9.10. The Hall–Kier alpha value is -2.69. The van der Waals surface area contributed by atoms with E-state index in [0.29, 0.717) is 38.5 Å². The lowest BCUT2D eigenvalue weighted by Gasteiger charge is -2.11. The van der Waals surface area contributed by atoms with Crippen molar-refractivity contribution in [2.75, 3.05) is 0 Å². The Balaban J connectivity index is 1.59. The van der Waals surface area contributed by atoms with Gasteiger partial charge in [-0.1, -0.05) is 65.7 Å². The highest BCUT2D eigenvalue weighted by Crippen LogP contribution is 2.36. The van der Waals surface area contributed by atoms with Crippen LogP contribution in [0.2, 0.25) is 5.02 Å². The molecule has 3 nitrogen and oxygen atoms in total. The summed E-state index contributed by atoms with van der Waals surface area (Å²) in [5, 5.41) is 0.397. The largest absolute Gasteiger partial charge is 0.486 e. The number of ketones is 2. The topological polar surface area (TPSA) is 43.4 Å². The van der Waals surface area contributed by atoms with E-state index in [0.717, 1.165) is 5.56 Å². The Labute approximate surface area is 182 Å². The van der Waals surface area contributed by atoms with Gasteiger partial charge in [-0.2, -0.15) is 0 Å². The first-order valence-corrected chi connectivity index (χ1v) is 10.2. The van der Waals surface area contributed by atoms with Crippen LogP contribution in [0.15, 0.2) is 70.7 Å². The predicted octanol–water partition coefficient (Wildman–Crippen LogP) is 6.45. The van der Waals surface area contributed by atoms with Crippen molar-refractivity contribution in [1.29, 1.82) is 0 Å². The molecule has 0 aliphatic heterocycles. The number of carbonyl (C=O) groups excluding carboxylic acids is 2. The molecular formula is C24H16BrClO3. The minimum absolute atomic E-state index is 0.141. The van der Waals surface area contributed by atoms with Gasteiger partial charge in [-0.05, 0) is 52.2 Å². The van der Waals surface area contributed by atoms with E-state index in [2.05, 4.69) is 15.9 Å². The van der Waals surface area contributed by atoms with Gasteiger partial charge in [0.2, 0.25) is 0 Å². The van der Waals surface area contributed by atoms with Crippen LogP contribution in [-0.2, 0) is 6.61 Å². The van der Waals surface area contributed by atoms with Crippen molar-refractivity contribution in [2.45, 2.75) is 13.5 Å². The van der Waals surface area contributed by atoms with Crippen LogP contribution in [0.4, 0.5) is 0 Å². The summed E-state index contributed by atoms with van der Waals surface area (Å²) in [6.07, 6.45) is 1.57. The fourth-order valence-corrected chi connectivity index (χ4v) is 4.20. The van der Waals surface area contributed by atoms with Gasteiger partial charge >= 0.3 is 0 Å². The molecule has 0 N–H and O–H groups in total. The molecule has 0 atom stereocenters. The number of Topliss-reactive ketones (excluding diaryl/α,β-unsaturated/α-hetero) is 2. The normalized spacial score (nSPS) is 12.9. The van der Waals surface area contributed by atoms with Crippen LogP contribution < -0.4 is 4.74 Å². The predicted molar refractivity (Wildman–Crippen MR) is 118 cm³/mol. The molecule has 0 saturated heterocycles. The van der Waals surface area contributed by atoms with Crippen molar-refractivity contribution in [2.24, 2.45) is 0 Å². The van der Waals surface area contributed by atoms with Crippen LogP contribution in [0, 0.1) is 6.92 Å². The van der Waals surface area contributed by atoms with Crippen LogP contribution >= 0.6 is 27.5 Å². The molecule has 3 aromatic carbocycles. The number of ether oxygens (including phenoxy) is 1. The van der Waals surface area contributed by atoms with Gasteiger partial charge in [-0.25, -0.2) is 0 Å². The molecule has 144 valence electrons. The third-order valence-electron chi connectivity index (χ3n) is 4.74. The summed E-state index contributed by atoms with van der Waals surface area (Å²) in [7, 11) is 0. The zero-order chi connectivity index (χ0) is 20.5. The number of rotatable bonds is 4. The van der Waals surface area contributed by atoms with E-state index in [1.807, 2.05) is 31.2 Å². The van der Waals surface area contributed by atoms with Crippen molar-refractivity contribution in [3.63, 3.8) is 0 Å². The molecule has 4 rings (SSSR count). The van der Waals surface area contributed by atoms with E-state index >= 15 is 0 Å². The van der Waals surface area contributed by atoms with E-state index in [1.54, 1.807) is 42.5 Å². The van der Waals surface area contributed by atoms with Crippen molar-refractivity contribution >= 4 is 45.2 Å². The lowest BCUT2D eigenvalue weighted by Crippen LogP contribution is -2.01. The lowest BCUT2D eigenvalue weighted by molar-refractivity contribution is 0.0990. The summed E-state index contributed by atoms with van der Waals surface area (Å²) in [5.41, 5.74) is 3.88. The molecule has 0 radical (unpaired) electrons. The maximum absolute atomic E-state index is 12.6. The second-order valence-electron chi connectivity index (χ2n) is 6.85. The van der Waals surface area contributed by atoms with Crippen LogP contribution in [0.25, 0.3) is 6.08 Å².